The predicted molar refractivity (Wildman–Crippen MR) is 89.2 cm³/mol. The highest BCUT2D eigenvalue weighted by molar-refractivity contribution is 5.99. The van der Waals surface area contributed by atoms with E-state index >= 15 is 0 Å². The minimum absolute atomic E-state index is 0.0491. The van der Waals surface area contributed by atoms with E-state index in [9.17, 15) is 19.2 Å². The molecule has 1 heterocycles. The number of ketones is 1. The lowest BCUT2D eigenvalue weighted by Crippen LogP contribution is -2.48. The number of esters is 1. The molecular formula is C17H23N3O5. The van der Waals surface area contributed by atoms with Gasteiger partial charge in [0.05, 0.1) is 0 Å². The van der Waals surface area contributed by atoms with Crippen molar-refractivity contribution in [1.82, 2.24) is 15.6 Å². The van der Waals surface area contributed by atoms with Crippen LogP contribution in [0.4, 0.5) is 4.79 Å². The van der Waals surface area contributed by atoms with Crippen LogP contribution in [0.1, 0.15) is 60.4 Å². The number of imide groups is 1. The SMILES string of the molecule is CC(=O)c1c[nH]c(C(=O)OCC(=O)NC(=O)N[C@@H]2CCCC[C@H]2C)c1. The Balaban J connectivity index is 1.74. The van der Waals surface area contributed by atoms with Crippen LogP contribution in [-0.4, -0.2) is 41.3 Å². The first-order chi connectivity index (χ1) is 11.9. The van der Waals surface area contributed by atoms with Gasteiger partial charge in [0.1, 0.15) is 5.69 Å². The summed E-state index contributed by atoms with van der Waals surface area (Å²) in [5.41, 5.74) is 0.413. The highest BCUT2D eigenvalue weighted by Gasteiger charge is 2.23. The highest BCUT2D eigenvalue weighted by atomic mass is 16.5. The van der Waals surface area contributed by atoms with E-state index in [2.05, 4.69) is 22.5 Å². The third-order valence-electron chi connectivity index (χ3n) is 4.32. The van der Waals surface area contributed by atoms with Crippen molar-refractivity contribution >= 4 is 23.7 Å². The Bertz CT molecular complexity index is 667. The number of nitrogens with one attached hydrogen (secondary N) is 3. The number of carbonyl (C=O) groups is 4. The minimum atomic E-state index is -0.774. The zero-order valence-electron chi connectivity index (χ0n) is 14.4. The first-order valence-electron chi connectivity index (χ1n) is 8.33. The number of aromatic amines is 1. The van der Waals surface area contributed by atoms with Crippen molar-refractivity contribution in [1.29, 1.82) is 0 Å². The Labute approximate surface area is 145 Å². The second kappa shape index (κ2) is 8.46. The Morgan fingerprint density at radius 1 is 1.24 bits per heavy atom. The van der Waals surface area contributed by atoms with Gasteiger partial charge in [0, 0.05) is 17.8 Å². The van der Waals surface area contributed by atoms with Gasteiger partial charge in [-0.05, 0) is 31.7 Å². The fraction of sp³-hybridized carbons (Fsp3) is 0.529. The van der Waals surface area contributed by atoms with Crippen LogP contribution in [0.2, 0.25) is 0 Å². The maximum atomic E-state index is 11.8. The number of ether oxygens (including phenoxy) is 1. The van der Waals surface area contributed by atoms with Crippen molar-refractivity contribution in [3.63, 3.8) is 0 Å². The second-order valence-corrected chi connectivity index (χ2v) is 6.32. The lowest BCUT2D eigenvalue weighted by Gasteiger charge is -2.29. The molecule has 0 saturated heterocycles. The van der Waals surface area contributed by atoms with E-state index in [1.165, 1.54) is 19.2 Å². The molecule has 2 atom stereocenters. The fourth-order valence-corrected chi connectivity index (χ4v) is 2.82. The topological polar surface area (TPSA) is 117 Å². The predicted octanol–water partition coefficient (Wildman–Crippen LogP) is 1.78. The third-order valence-corrected chi connectivity index (χ3v) is 4.32. The fourth-order valence-electron chi connectivity index (χ4n) is 2.82. The Morgan fingerprint density at radius 3 is 2.60 bits per heavy atom. The summed E-state index contributed by atoms with van der Waals surface area (Å²) < 4.78 is 4.82. The number of carbonyl (C=O) groups excluding carboxylic acids is 4. The summed E-state index contributed by atoms with van der Waals surface area (Å²) in [5, 5.41) is 4.93. The number of amides is 3. The maximum absolute atomic E-state index is 11.8. The summed E-state index contributed by atoms with van der Waals surface area (Å²) in [6, 6.07) is 0.811. The molecule has 0 aliphatic heterocycles. The van der Waals surface area contributed by atoms with Crippen LogP contribution in [0.25, 0.3) is 0 Å². The molecule has 0 aromatic carbocycles. The number of urea groups is 1. The summed E-state index contributed by atoms with van der Waals surface area (Å²) in [6.07, 6.45) is 5.54. The van der Waals surface area contributed by atoms with Gasteiger partial charge in [0.15, 0.2) is 12.4 Å². The first kappa shape index (κ1) is 18.7. The van der Waals surface area contributed by atoms with Gasteiger partial charge in [-0.2, -0.15) is 0 Å². The summed E-state index contributed by atoms with van der Waals surface area (Å²) in [6.45, 7) is 2.86. The Morgan fingerprint density at radius 2 is 1.96 bits per heavy atom. The smallest absolute Gasteiger partial charge is 0.355 e. The van der Waals surface area contributed by atoms with Crippen molar-refractivity contribution in [3.05, 3.63) is 23.5 Å². The molecule has 0 spiro atoms. The normalized spacial score (nSPS) is 19.8. The van der Waals surface area contributed by atoms with Crippen LogP contribution in [0.15, 0.2) is 12.3 Å². The Hall–Kier alpha value is -2.64. The Kier molecular flexibility index (Phi) is 6.32. The van der Waals surface area contributed by atoms with Crippen molar-refractivity contribution in [2.45, 2.75) is 45.6 Å². The van der Waals surface area contributed by atoms with E-state index in [0.717, 1.165) is 25.7 Å². The second-order valence-electron chi connectivity index (χ2n) is 6.32. The average molecular weight is 349 g/mol. The van der Waals surface area contributed by atoms with Crippen LogP contribution in [0.3, 0.4) is 0 Å². The number of hydrogen-bond donors (Lipinski definition) is 3. The first-order valence-corrected chi connectivity index (χ1v) is 8.33. The molecule has 8 nitrogen and oxygen atoms in total. The standard InChI is InChI=1S/C17H23N3O5/c1-10-5-3-4-6-13(10)19-17(24)20-15(22)9-25-16(23)14-7-12(8-18-14)11(2)21/h7-8,10,13,18H,3-6,9H2,1-2H3,(H2,19,20,22,24)/t10-,13-/m1/s1. The molecule has 1 fully saturated rings. The number of Topliss-reactive ketones (excluding diaryl/α,β-unsaturated/α-hetero) is 1. The van der Waals surface area contributed by atoms with Crippen LogP contribution in [-0.2, 0) is 9.53 Å². The molecule has 2 rings (SSSR count). The van der Waals surface area contributed by atoms with Crippen LogP contribution in [0, 0.1) is 5.92 Å². The van der Waals surface area contributed by atoms with Crippen molar-refractivity contribution < 1.29 is 23.9 Å². The quantitative estimate of drug-likeness (QED) is 0.553. The zero-order valence-corrected chi connectivity index (χ0v) is 14.4. The monoisotopic (exact) mass is 349 g/mol. The molecule has 0 bridgehead atoms. The third kappa shape index (κ3) is 5.44. The summed E-state index contributed by atoms with van der Waals surface area (Å²) >= 11 is 0. The molecular weight excluding hydrogens is 326 g/mol. The van der Waals surface area contributed by atoms with Gasteiger partial charge in [-0.15, -0.1) is 0 Å². The molecule has 0 radical (unpaired) electrons. The number of aromatic nitrogens is 1. The molecule has 3 N–H and O–H groups in total. The molecule has 1 aliphatic rings. The van der Waals surface area contributed by atoms with E-state index in [1.54, 1.807) is 0 Å². The summed E-state index contributed by atoms with van der Waals surface area (Å²) in [5.74, 6) is -1.31. The summed E-state index contributed by atoms with van der Waals surface area (Å²) in [7, 11) is 0. The lowest BCUT2D eigenvalue weighted by atomic mass is 9.86. The maximum Gasteiger partial charge on any atom is 0.355 e. The van der Waals surface area contributed by atoms with Gasteiger partial charge in [-0.1, -0.05) is 19.8 Å². The molecule has 136 valence electrons. The molecule has 25 heavy (non-hydrogen) atoms. The van der Waals surface area contributed by atoms with E-state index in [-0.39, 0.29) is 17.5 Å². The van der Waals surface area contributed by atoms with E-state index in [0.29, 0.717) is 11.5 Å². The molecule has 1 saturated carbocycles. The van der Waals surface area contributed by atoms with Gasteiger partial charge in [0.2, 0.25) is 0 Å². The van der Waals surface area contributed by atoms with Gasteiger partial charge in [-0.3, -0.25) is 14.9 Å². The highest BCUT2D eigenvalue weighted by Crippen LogP contribution is 2.23. The van der Waals surface area contributed by atoms with Gasteiger partial charge in [0.25, 0.3) is 5.91 Å². The van der Waals surface area contributed by atoms with Crippen molar-refractivity contribution in [2.24, 2.45) is 5.92 Å². The molecule has 8 heteroatoms. The average Bonchev–Trinajstić information content (AvgIpc) is 3.05. The van der Waals surface area contributed by atoms with Crippen molar-refractivity contribution in [3.8, 4) is 0 Å². The number of hydrogen-bond acceptors (Lipinski definition) is 5. The largest absolute Gasteiger partial charge is 0.451 e. The van der Waals surface area contributed by atoms with Crippen LogP contribution < -0.4 is 10.6 Å². The zero-order chi connectivity index (χ0) is 18.4. The van der Waals surface area contributed by atoms with E-state index < -0.39 is 24.5 Å². The molecule has 3 amide bonds. The van der Waals surface area contributed by atoms with Gasteiger partial charge in [-0.25, -0.2) is 9.59 Å². The van der Waals surface area contributed by atoms with E-state index in [1.807, 2.05) is 0 Å². The minimum Gasteiger partial charge on any atom is -0.451 e. The van der Waals surface area contributed by atoms with Crippen LogP contribution in [0.5, 0.6) is 0 Å². The number of rotatable bonds is 5. The number of H-pyrrole nitrogens is 1. The lowest BCUT2D eigenvalue weighted by molar-refractivity contribution is -0.123. The molecule has 1 aromatic heterocycles. The van der Waals surface area contributed by atoms with Crippen LogP contribution >= 0.6 is 0 Å². The van der Waals surface area contributed by atoms with E-state index in [4.69, 9.17) is 4.74 Å². The molecule has 0 unspecified atom stereocenters. The van der Waals surface area contributed by atoms with Gasteiger partial charge >= 0.3 is 12.0 Å². The van der Waals surface area contributed by atoms with Crippen molar-refractivity contribution in [2.75, 3.05) is 6.61 Å². The molecule has 1 aliphatic carbocycles. The molecule has 1 aromatic rings. The van der Waals surface area contributed by atoms with Gasteiger partial charge < -0.3 is 15.0 Å². The summed E-state index contributed by atoms with van der Waals surface area (Å²) in [4.78, 5) is 49.1.